The topological polar surface area (TPSA) is 117 Å². The summed E-state index contributed by atoms with van der Waals surface area (Å²) in [6.45, 7) is 0. The molecule has 0 aliphatic heterocycles. The Morgan fingerprint density at radius 1 is 1.03 bits per heavy atom. The van der Waals surface area contributed by atoms with Gasteiger partial charge < -0.3 is 20.2 Å². The van der Waals surface area contributed by atoms with Gasteiger partial charge in [-0.2, -0.15) is 0 Å². The maximum atomic E-state index is 13.3. The zero-order valence-electron chi connectivity index (χ0n) is 17.9. The van der Waals surface area contributed by atoms with Crippen LogP contribution in [-0.4, -0.2) is 33.2 Å². The number of carbonyl (C=O) groups excluding carboxylic acids is 1. The summed E-state index contributed by atoms with van der Waals surface area (Å²) in [5, 5.41) is 22.3. The molecule has 9 heteroatoms. The second-order valence-electron chi connectivity index (χ2n) is 9.01. The van der Waals surface area contributed by atoms with Gasteiger partial charge in [0.1, 0.15) is 5.82 Å². The predicted octanol–water partition coefficient (Wildman–Crippen LogP) is 4.52. The van der Waals surface area contributed by atoms with Crippen molar-refractivity contribution in [1.82, 2.24) is 15.5 Å². The predicted molar refractivity (Wildman–Crippen MR) is 115 cm³/mol. The highest BCUT2D eigenvalue weighted by molar-refractivity contribution is 5.89. The molecule has 4 rings (SSSR count). The van der Waals surface area contributed by atoms with Gasteiger partial charge in [0.25, 0.3) is 0 Å². The van der Waals surface area contributed by atoms with Gasteiger partial charge in [-0.3, -0.25) is 9.59 Å². The Bertz CT molecular complexity index is 934. The first-order valence-corrected chi connectivity index (χ1v) is 11.3. The van der Waals surface area contributed by atoms with Crippen LogP contribution in [-0.2, 0) is 4.79 Å². The zero-order chi connectivity index (χ0) is 22.5. The molecular formula is C23H29FN4O4. The molecule has 1 aromatic heterocycles. The molecule has 0 radical (unpaired) electrons. The van der Waals surface area contributed by atoms with E-state index in [4.69, 9.17) is 9.52 Å². The van der Waals surface area contributed by atoms with Crippen LogP contribution in [0.4, 0.5) is 16.1 Å². The molecule has 0 atom stereocenters. The smallest absolute Gasteiger partial charge is 0.320 e. The summed E-state index contributed by atoms with van der Waals surface area (Å²) in [5.74, 6) is 0.0435. The Balaban J connectivity index is 1.21. The normalized spacial score (nSPS) is 25.8. The van der Waals surface area contributed by atoms with Crippen LogP contribution >= 0.6 is 0 Å². The van der Waals surface area contributed by atoms with Crippen LogP contribution in [0.15, 0.2) is 28.7 Å². The minimum atomic E-state index is -0.692. The van der Waals surface area contributed by atoms with Crippen molar-refractivity contribution >= 4 is 23.6 Å². The quantitative estimate of drug-likeness (QED) is 0.575. The lowest BCUT2D eigenvalue weighted by Gasteiger charge is -2.37. The van der Waals surface area contributed by atoms with Crippen molar-refractivity contribution in [3.63, 3.8) is 0 Å². The maximum absolute atomic E-state index is 13.3. The number of anilines is 2. The molecular weight excluding hydrogens is 415 g/mol. The Kier molecular flexibility index (Phi) is 7.02. The number of carbonyl (C=O) groups is 2. The van der Waals surface area contributed by atoms with Crippen LogP contribution in [0.3, 0.4) is 0 Å². The Hall–Kier alpha value is -2.97. The molecule has 1 heterocycles. The third-order valence-electron chi connectivity index (χ3n) is 6.82. The van der Waals surface area contributed by atoms with Gasteiger partial charge in [-0.1, -0.05) is 11.2 Å². The number of halogens is 1. The number of carboxylic acid groups (broad SMARTS) is 1. The van der Waals surface area contributed by atoms with Crippen molar-refractivity contribution in [1.29, 1.82) is 0 Å². The van der Waals surface area contributed by atoms with E-state index in [0.717, 1.165) is 51.4 Å². The molecule has 2 aliphatic rings. The Morgan fingerprint density at radius 3 is 2.38 bits per heavy atom. The van der Waals surface area contributed by atoms with E-state index < -0.39 is 17.7 Å². The van der Waals surface area contributed by atoms with Crippen LogP contribution in [0.1, 0.15) is 68.5 Å². The van der Waals surface area contributed by atoms with E-state index in [1.807, 2.05) is 0 Å². The largest absolute Gasteiger partial charge is 0.481 e. The van der Waals surface area contributed by atoms with Gasteiger partial charge in [-0.05, 0) is 87.3 Å². The second kappa shape index (κ2) is 10.1. The van der Waals surface area contributed by atoms with E-state index in [-0.39, 0.29) is 17.9 Å². The first-order valence-electron chi connectivity index (χ1n) is 11.3. The van der Waals surface area contributed by atoms with Gasteiger partial charge >= 0.3 is 23.8 Å². The average Bonchev–Trinajstić information content (AvgIpc) is 3.23. The lowest BCUT2D eigenvalue weighted by molar-refractivity contribution is -0.138. The third-order valence-corrected chi connectivity index (χ3v) is 6.82. The third kappa shape index (κ3) is 5.83. The van der Waals surface area contributed by atoms with E-state index in [9.17, 15) is 14.0 Å². The van der Waals surface area contributed by atoms with Crippen molar-refractivity contribution in [2.75, 3.05) is 5.32 Å². The fourth-order valence-electron chi connectivity index (χ4n) is 5.15. The van der Waals surface area contributed by atoms with Gasteiger partial charge in [0, 0.05) is 18.2 Å². The lowest BCUT2D eigenvalue weighted by atomic mass is 9.70. The second-order valence-corrected chi connectivity index (χ2v) is 9.01. The molecule has 8 nitrogen and oxygen atoms in total. The number of nitrogens with one attached hydrogen (secondary N) is 2. The summed E-state index contributed by atoms with van der Waals surface area (Å²) in [5.41, 5.74) is 0.455. The molecule has 32 heavy (non-hydrogen) atoms. The molecule has 2 fully saturated rings. The van der Waals surface area contributed by atoms with Crippen molar-refractivity contribution in [3.05, 3.63) is 36.0 Å². The van der Waals surface area contributed by atoms with Crippen LogP contribution < -0.4 is 10.6 Å². The molecule has 1 aromatic carbocycles. The fraction of sp³-hybridized carbons (Fsp3) is 0.565. The summed E-state index contributed by atoms with van der Waals surface area (Å²) >= 11 is 0. The minimum absolute atomic E-state index is 0.0305. The van der Waals surface area contributed by atoms with Crippen molar-refractivity contribution < 1.29 is 23.5 Å². The number of hydrogen-bond donors (Lipinski definition) is 3. The van der Waals surface area contributed by atoms with Gasteiger partial charge in [0.2, 0.25) is 0 Å². The summed E-state index contributed by atoms with van der Waals surface area (Å²) in [6, 6.07) is 5.94. The highest BCUT2D eigenvalue weighted by Crippen LogP contribution is 2.40. The number of amides is 1. The molecule has 0 unspecified atom stereocenters. The van der Waals surface area contributed by atoms with Crippen molar-refractivity contribution in [2.24, 2.45) is 17.8 Å². The SMILES string of the molecule is O=C(O)CC1CCC(C2CCC(NC(=O)c3nnc(Nc4cccc(F)c4)o3)CC2)CC1. The van der Waals surface area contributed by atoms with E-state index in [0.29, 0.717) is 29.9 Å². The molecule has 0 spiro atoms. The van der Waals surface area contributed by atoms with E-state index in [1.165, 1.54) is 12.1 Å². The van der Waals surface area contributed by atoms with Crippen LogP contribution in [0.25, 0.3) is 0 Å². The number of aliphatic carboxylic acids is 1. The van der Waals surface area contributed by atoms with Crippen molar-refractivity contribution in [2.45, 2.75) is 63.8 Å². The molecule has 3 N–H and O–H groups in total. The number of aromatic nitrogens is 2. The van der Waals surface area contributed by atoms with Gasteiger partial charge in [0.15, 0.2) is 0 Å². The number of nitrogens with zero attached hydrogens (tertiary/aromatic N) is 2. The Labute approximate surface area is 186 Å². The first kappa shape index (κ1) is 22.2. The fourth-order valence-corrected chi connectivity index (χ4v) is 5.15. The monoisotopic (exact) mass is 444 g/mol. The molecule has 0 bridgehead atoms. The highest BCUT2D eigenvalue weighted by atomic mass is 19.1. The van der Waals surface area contributed by atoms with Crippen molar-refractivity contribution in [3.8, 4) is 0 Å². The molecule has 0 saturated heterocycles. The number of hydrogen-bond acceptors (Lipinski definition) is 6. The highest BCUT2D eigenvalue weighted by Gasteiger charge is 2.32. The van der Waals surface area contributed by atoms with Gasteiger partial charge in [0.05, 0.1) is 0 Å². The van der Waals surface area contributed by atoms with Crippen LogP contribution in [0.5, 0.6) is 0 Å². The van der Waals surface area contributed by atoms with E-state index >= 15 is 0 Å². The molecule has 172 valence electrons. The maximum Gasteiger partial charge on any atom is 0.320 e. The summed E-state index contributed by atoms with van der Waals surface area (Å²) < 4.78 is 18.7. The lowest BCUT2D eigenvalue weighted by Crippen LogP contribution is -2.39. The average molecular weight is 445 g/mol. The van der Waals surface area contributed by atoms with Crippen LogP contribution in [0, 0.1) is 23.6 Å². The van der Waals surface area contributed by atoms with E-state index in [2.05, 4.69) is 20.8 Å². The minimum Gasteiger partial charge on any atom is -0.481 e. The van der Waals surface area contributed by atoms with Gasteiger partial charge in [-0.25, -0.2) is 4.39 Å². The standard InChI is InChI=1S/C23H29FN4O4/c24-17-2-1-3-19(13-17)26-23-28-27-22(32-23)21(31)25-18-10-8-16(9-11-18)15-6-4-14(5-7-15)12-20(29)30/h1-3,13-16,18H,4-12H2,(H,25,31)(H,26,28)(H,29,30). The number of carboxylic acids is 1. The summed E-state index contributed by atoms with van der Waals surface area (Å²) in [7, 11) is 0. The first-order chi connectivity index (χ1) is 15.5. The van der Waals surface area contributed by atoms with Crippen LogP contribution in [0.2, 0.25) is 0 Å². The number of rotatable bonds is 7. The summed E-state index contributed by atoms with van der Waals surface area (Å²) in [6.07, 6.45) is 8.49. The van der Waals surface area contributed by atoms with Gasteiger partial charge in [-0.15, -0.1) is 5.10 Å². The zero-order valence-corrected chi connectivity index (χ0v) is 17.9. The van der Waals surface area contributed by atoms with E-state index in [1.54, 1.807) is 12.1 Å². The molecule has 2 aliphatic carbocycles. The molecule has 1 amide bonds. The number of benzene rings is 1. The molecule has 2 saturated carbocycles. The Morgan fingerprint density at radius 2 is 1.72 bits per heavy atom. The molecule has 2 aromatic rings. The summed E-state index contributed by atoms with van der Waals surface area (Å²) in [4.78, 5) is 23.4.